The fourth-order valence-electron chi connectivity index (χ4n) is 7.21. The first-order valence-electron chi connectivity index (χ1n) is 14.0. The molecule has 1 fully saturated rings. The Kier molecular flexibility index (Phi) is 6.93. The highest BCUT2D eigenvalue weighted by molar-refractivity contribution is 5.86. The highest BCUT2D eigenvalue weighted by Gasteiger charge is 2.72. The minimum atomic E-state index is -1.75. The van der Waals surface area contributed by atoms with Crippen molar-refractivity contribution >= 4 is 23.9 Å². The number of aliphatic carboxylic acids is 1. The Hall–Kier alpha value is -4.42. The van der Waals surface area contributed by atoms with Gasteiger partial charge < -0.3 is 39.2 Å². The van der Waals surface area contributed by atoms with Crippen molar-refractivity contribution in [3.8, 4) is 11.5 Å². The number of hydrogen-bond donors (Lipinski definition) is 3. The van der Waals surface area contributed by atoms with Crippen LogP contribution in [-0.2, 0) is 45.2 Å². The number of phenols is 1. The smallest absolute Gasteiger partial charge is 0.353 e. The zero-order valence-electron chi connectivity index (χ0n) is 23.5. The average Bonchev–Trinajstić information content (AvgIpc) is 3.32. The Balaban J connectivity index is 1.26. The first-order chi connectivity index (χ1) is 20.5. The summed E-state index contributed by atoms with van der Waals surface area (Å²) in [5.41, 5.74) is -0.466. The number of carbonyl (C=O) groups excluding carboxylic acids is 3. The zero-order chi connectivity index (χ0) is 30.7. The molecule has 1 spiro atoms. The van der Waals surface area contributed by atoms with Crippen molar-refractivity contribution in [3.63, 3.8) is 0 Å². The molecule has 1 saturated heterocycles. The van der Waals surface area contributed by atoms with Crippen LogP contribution in [0.5, 0.6) is 11.5 Å². The largest absolute Gasteiger partial charge is 0.504 e. The third-order valence-corrected chi connectivity index (χ3v) is 9.07. The number of benzene rings is 2. The Morgan fingerprint density at radius 3 is 2.56 bits per heavy atom. The van der Waals surface area contributed by atoms with Gasteiger partial charge in [-0.25, -0.2) is 9.59 Å². The van der Waals surface area contributed by atoms with Crippen LogP contribution >= 0.6 is 0 Å². The maximum absolute atomic E-state index is 13.4. The van der Waals surface area contributed by atoms with E-state index in [4.69, 9.17) is 18.9 Å². The van der Waals surface area contributed by atoms with E-state index in [-0.39, 0.29) is 35.3 Å². The van der Waals surface area contributed by atoms with Crippen LogP contribution in [0.15, 0.2) is 54.3 Å². The van der Waals surface area contributed by atoms with Gasteiger partial charge in [0.15, 0.2) is 17.6 Å². The molecule has 2 aromatic carbocycles. The Morgan fingerprint density at radius 1 is 1.12 bits per heavy atom. The number of aliphatic hydroxyl groups is 1. The predicted molar refractivity (Wildman–Crippen MR) is 146 cm³/mol. The number of phenolic OH excluding ortho intramolecular Hbond substituents is 1. The second-order valence-electron chi connectivity index (χ2n) is 11.4. The molecule has 2 aliphatic heterocycles. The topological polar surface area (TPSA) is 169 Å². The molecule has 12 nitrogen and oxygen atoms in total. The molecule has 12 heteroatoms. The summed E-state index contributed by atoms with van der Waals surface area (Å²) in [6.07, 6.45) is -2.50. The molecule has 2 aromatic rings. The predicted octanol–water partition coefficient (Wildman–Crippen LogP) is 1.90. The molecule has 0 aromatic heterocycles. The van der Waals surface area contributed by atoms with Gasteiger partial charge in [0, 0.05) is 30.5 Å². The number of likely N-dealkylation sites (N-methyl/N-ethyl adjacent to an activating group) is 1. The third-order valence-electron chi connectivity index (χ3n) is 9.07. The second-order valence-corrected chi connectivity index (χ2v) is 11.4. The van der Waals surface area contributed by atoms with Crippen molar-refractivity contribution in [2.24, 2.45) is 0 Å². The van der Waals surface area contributed by atoms with Crippen LogP contribution in [0.3, 0.4) is 0 Å². The lowest BCUT2D eigenvalue weighted by molar-refractivity contribution is -0.179. The van der Waals surface area contributed by atoms with Gasteiger partial charge in [0.2, 0.25) is 12.2 Å². The summed E-state index contributed by atoms with van der Waals surface area (Å²) in [5, 5.41) is 32.5. The van der Waals surface area contributed by atoms with Crippen LogP contribution in [0.2, 0.25) is 0 Å². The number of carboxylic acids is 1. The number of esters is 3. The first kappa shape index (κ1) is 28.7. The number of rotatable bonds is 8. The second kappa shape index (κ2) is 10.4. The number of aromatic hydroxyl groups is 1. The van der Waals surface area contributed by atoms with E-state index in [0.717, 1.165) is 12.5 Å². The minimum Gasteiger partial charge on any atom is -0.504 e. The lowest BCUT2D eigenvalue weighted by Gasteiger charge is -2.61. The Bertz CT molecular complexity index is 1540. The van der Waals surface area contributed by atoms with Gasteiger partial charge in [0.05, 0.1) is 17.4 Å². The summed E-state index contributed by atoms with van der Waals surface area (Å²) in [4.78, 5) is 52.0. The highest BCUT2D eigenvalue weighted by Crippen LogP contribution is 2.65. The van der Waals surface area contributed by atoms with Crippen molar-refractivity contribution in [2.45, 2.75) is 68.0 Å². The molecular formula is C31H31NO11. The summed E-state index contributed by atoms with van der Waals surface area (Å²) in [5.74, 6) is -4.31. The van der Waals surface area contributed by atoms with Crippen LogP contribution in [0.4, 0.5) is 0 Å². The van der Waals surface area contributed by atoms with Gasteiger partial charge in [0.25, 0.3) is 0 Å². The minimum absolute atomic E-state index is 0.0552. The maximum atomic E-state index is 13.4. The van der Waals surface area contributed by atoms with E-state index in [1.165, 1.54) is 12.1 Å². The van der Waals surface area contributed by atoms with Crippen LogP contribution in [0, 0.1) is 0 Å². The molecule has 2 heterocycles. The maximum Gasteiger partial charge on any atom is 0.353 e. The summed E-state index contributed by atoms with van der Waals surface area (Å²) < 4.78 is 22.2. The van der Waals surface area contributed by atoms with Gasteiger partial charge in [-0.1, -0.05) is 36.4 Å². The Labute approximate surface area is 246 Å². The molecule has 0 saturated carbocycles. The molecule has 4 aliphatic rings. The molecule has 2 bridgehead atoms. The van der Waals surface area contributed by atoms with E-state index in [0.29, 0.717) is 24.9 Å². The van der Waals surface area contributed by atoms with Gasteiger partial charge in [-0.15, -0.1) is 0 Å². The molecule has 0 radical (unpaired) electrons. The number of ether oxygens (including phenoxy) is 4. The molecule has 0 unspecified atom stereocenters. The number of likely N-dealkylation sites (tertiary alicyclic amines) is 1. The number of hydrogen-bond acceptors (Lipinski definition) is 11. The molecule has 43 heavy (non-hydrogen) atoms. The quantitative estimate of drug-likeness (QED) is 0.301. The fourth-order valence-corrected chi connectivity index (χ4v) is 7.21. The monoisotopic (exact) mass is 593 g/mol. The summed E-state index contributed by atoms with van der Waals surface area (Å²) in [6.45, 7) is 1.67. The van der Waals surface area contributed by atoms with Crippen molar-refractivity contribution in [1.82, 2.24) is 4.90 Å². The van der Waals surface area contributed by atoms with Crippen LogP contribution in [-0.4, -0.2) is 81.5 Å². The lowest BCUT2D eigenvalue weighted by atomic mass is 9.50. The Morgan fingerprint density at radius 2 is 1.86 bits per heavy atom. The van der Waals surface area contributed by atoms with Crippen molar-refractivity contribution in [3.05, 3.63) is 71.0 Å². The van der Waals surface area contributed by atoms with Gasteiger partial charge >= 0.3 is 23.9 Å². The third kappa shape index (κ3) is 4.43. The molecule has 2 aliphatic carbocycles. The van der Waals surface area contributed by atoms with E-state index < -0.39 is 59.6 Å². The molecular weight excluding hydrogens is 562 g/mol. The molecule has 3 N–H and O–H groups in total. The van der Waals surface area contributed by atoms with E-state index in [1.54, 1.807) is 30.3 Å². The van der Waals surface area contributed by atoms with Crippen LogP contribution in [0.25, 0.3) is 0 Å². The molecule has 226 valence electrons. The van der Waals surface area contributed by atoms with E-state index in [1.807, 2.05) is 13.1 Å². The fraction of sp³-hybridized carbons (Fsp3) is 0.419. The first-order valence-corrected chi connectivity index (χ1v) is 14.0. The van der Waals surface area contributed by atoms with Crippen LogP contribution < -0.4 is 4.74 Å². The highest BCUT2D eigenvalue weighted by atomic mass is 16.6. The van der Waals surface area contributed by atoms with E-state index in [2.05, 4.69) is 4.90 Å². The van der Waals surface area contributed by atoms with Crippen molar-refractivity contribution in [1.29, 1.82) is 0 Å². The zero-order valence-corrected chi connectivity index (χ0v) is 23.5. The summed E-state index contributed by atoms with van der Waals surface area (Å²) in [6, 6.07) is 10.9. The van der Waals surface area contributed by atoms with Crippen molar-refractivity contribution < 1.29 is 53.4 Å². The lowest BCUT2D eigenvalue weighted by Crippen LogP contribution is -2.74. The summed E-state index contributed by atoms with van der Waals surface area (Å²) >= 11 is 0. The molecule has 6 rings (SSSR count). The number of carboxylic acid groups (broad SMARTS) is 1. The SMILES string of the molecule is CC(=O)O[C@@H](CC(=O)O[C@H](C(=O)O)c1ccccc1)C(=O)OC1=CC[C@@]2(O)[C@H]3Cc4ccc(O)c5c4[C@@]2(CCN3C)[C@H]1O5. The number of carbonyl (C=O) groups is 4. The standard InChI is InChI=1S/C31H31NO11/c1-16(33)40-21(15-23(35)42-25(28(36)37)17-6-4-3-5-7-17)29(38)41-20-10-11-31(39)22-14-18-8-9-19(34)26-24(18)30(31,27(20)43-26)12-13-32(22)2/h3-10,21-22,25,27,34,39H,11-15H2,1-2H3,(H,36,37)/t21-,22+,25-,27-,30-,31+/m0/s1. The van der Waals surface area contributed by atoms with E-state index in [9.17, 15) is 34.5 Å². The van der Waals surface area contributed by atoms with Gasteiger partial charge in [0.1, 0.15) is 5.76 Å². The normalized spacial score (nSPS) is 27.9. The van der Waals surface area contributed by atoms with Gasteiger partial charge in [-0.3, -0.25) is 9.59 Å². The van der Waals surface area contributed by atoms with Crippen molar-refractivity contribution in [2.75, 3.05) is 13.6 Å². The summed E-state index contributed by atoms with van der Waals surface area (Å²) in [7, 11) is 1.95. The average molecular weight is 594 g/mol. The van der Waals surface area contributed by atoms with E-state index >= 15 is 0 Å². The number of nitrogens with zero attached hydrogens (tertiary/aromatic N) is 1. The van der Waals surface area contributed by atoms with Gasteiger partial charge in [-0.2, -0.15) is 0 Å². The molecule has 6 atom stereocenters. The van der Waals surface area contributed by atoms with Crippen LogP contribution in [0.1, 0.15) is 49.0 Å². The number of piperidine rings is 1. The molecule has 0 amide bonds. The van der Waals surface area contributed by atoms with Gasteiger partial charge in [-0.05, 0) is 44.1 Å².